The number of fused-ring (bicyclic) bond motifs is 1. The maximum absolute atomic E-state index is 12.6. The summed E-state index contributed by atoms with van der Waals surface area (Å²) in [5.41, 5.74) is 5.62. The topological polar surface area (TPSA) is 130 Å². The second kappa shape index (κ2) is 7.67. The first-order chi connectivity index (χ1) is 14.0. The SMILES string of the molecule is Nc1c(C(=O)N[C@@H]2CCCc3cc(Oc4ccccc4)ccc32)[nH]c(=O)[nH]c1=O. The molecule has 0 unspecified atom stereocenters. The van der Waals surface area contributed by atoms with Crippen molar-refractivity contribution in [2.24, 2.45) is 0 Å². The van der Waals surface area contributed by atoms with Crippen LogP contribution in [0.1, 0.15) is 40.5 Å². The molecule has 0 radical (unpaired) electrons. The van der Waals surface area contributed by atoms with E-state index in [1.807, 2.05) is 53.5 Å². The number of ether oxygens (including phenoxy) is 1. The Hall–Kier alpha value is -3.81. The average molecular weight is 392 g/mol. The van der Waals surface area contributed by atoms with E-state index in [4.69, 9.17) is 10.5 Å². The standard InChI is InChI=1S/C21H20N4O4/c22-17-18(24-21(28)25-19(17)26)20(27)23-16-8-4-5-12-11-14(9-10-15(12)16)29-13-6-2-1-3-7-13/h1-3,6-7,9-11,16H,4-5,8,22H2,(H,23,27)(H2,24,25,26,28)/t16-/m1/s1. The molecule has 0 bridgehead atoms. The minimum Gasteiger partial charge on any atom is -0.457 e. The van der Waals surface area contributed by atoms with Crippen LogP contribution in [0.4, 0.5) is 5.69 Å². The van der Waals surface area contributed by atoms with Crippen molar-refractivity contribution in [1.82, 2.24) is 15.3 Å². The number of anilines is 1. The molecular formula is C21H20N4O4. The summed E-state index contributed by atoms with van der Waals surface area (Å²) in [6.45, 7) is 0. The van der Waals surface area contributed by atoms with Crippen LogP contribution >= 0.6 is 0 Å². The number of aryl methyl sites for hydroxylation is 1. The van der Waals surface area contributed by atoms with Gasteiger partial charge in [-0.15, -0.1) is 0 Å². The predicted octanol–water partition coefficient (Wildman–Crippen LogP) is 2.25. The summed E-state index contributed by atoms with van der Waals surface area (Å²) < 4.78 is 5.89. The van der Waals surface area contributed by atoms with Gasteiger partial charge in [0.25, 0.3) is 11.5 Å². The fourth-order valence-electron chi connectivity index (χ4n) is 3.53. The van der Waals surface area contributed by atoms with Gasteiger partial charge in [0.1, 0.15) is 22.9 Å². The molecule has 0 fully saturated rings. The van der Waals surface area contributed by atoms with Crippen LogP contribution in [0.3, 0.4) is 0 Å². The Kier molecular flexibility index (Phi) is 4.90. The molecule has 8 heteroatoms. The van der Waals surface area contributed by atoms with Gasteiger partial charge in [-0.25, -0.2) is 4.79 Å². The van der Waals surface area contributed by atoms with Crippen molar-refractivity contribution in [2.45, 2.75) is 25.3 Å². The van der Waals surface area contributed by atoms with Crippen molar-refractivity contribution in [3.05, 3.63) is 86.2 Å². The van der Waals surface area contributed by atoms with Crippen molar-refractivity contribution in [3.8, 4) is 11.5 Å². The van der Waals surface area contributed by atoms with E-state index in [9.17, 15) is 14.4 Å². The van der Waals surface area contributed by atoms with Crippen LogP contribution < -0.4 is 27.0 Å². The Balaban J connectivity index is 1.56. The fraction of sp³-hybridized carbons (Fsp3) is 0.190. The van der Waals surface area contributed by atoms with Crippen LogP contribution in [0.5, 0.6) is 11.5 Å². The Morgan fingerprint density at radius 3 is 2.66 bits per heavy atom. The van der Waals surface area contributed by atoms with E-state index in [1.165, 1.54) is 0 Å². The first-order valence-corrected chi connectivity index (χ1v) is 9.30. The van der Waals surface area contributed by atoms with E-state index in [1.54, 1.807) is 0 Å². The molecule has 1 aliphatic carbocycles. The molecule has 0 saturated carbocycles. The lowest BCUT2D eigenvalue weighted by Gasteiger charge is -2.27. The number of amides is 1. The lowest BCUT2D eigenvalue weighted by atomic mass is 9.87. The van der Waals surface area contributed by atoms with Crippen molar-refractivity contribution in [2.75, 3.05) is 5.73 Å². The highest BCUT2D eigenvalue weighted by Gasteiger charge is 2.24. The molecule has 3 aromatic rings. The van der Waals surface area contributed by atoms with Gasteiger partial charge in [0.05, 0.1) is 6.04 Å². The summed E-state index contributed by atoms with van der Waals surface area (Å²) >= 11 is 0. The highest BCUT2D eigenvalue weighted by molar-refractivity contribution is 5.97. The van der Waals surface area contributed by atoms with Crippen molar-refractivity contribution >= 4 is 11.6 Å². The third kappa shape index (κ3) is 3.91. The number of hydrogen-bond donors (Lipinski definition) is 4. The molecule has 5 N–H and O–H groups in total. The van der Waals surface area contributed by atoms with Gasteiger partial charge in [0.2, 0.25) is 0 Å². The molecule has 0 saturated heterocycles. The quantitative estimate of drug-likeness (QED) is 0.541. The summed E-state index contributed by atoms with van der Waals surface area (Å²) in [7, 11) is 0. The molecule has 8 nitrogen and oxygen atoms in total. The van der Waals surface area contributed by atoms with Gasteiger partial charge in [-0.1, -0.05) is 24.3 Å². The van der Waals surface area contributed by atoms with E-state index >= 15 is 0 Å². The number of rotatable bonds is 4. The van der Waals surface area contributed by atoms with Crippen LogP contribution in [0, 0.1) is 0 Å². The Labute approximate surface area is 165 Å². The average Bonchev–Trinajstić information content (AvgIpc) is 2.71. The van der Waals surface area contributed by atoms with Crippen LogP contribution in [-0.2, 0) is 6.42 Å². The summed E-state index contributed by atoms with van der Waals surface area (Å²) in [5.74, 6) is 0.889. The summed E-state index contributed by atoms with van der Waals surface area (Å²) in [4.78, 5) is 40.0. The van der Waals surface area contributed by atoms with Crippen LogP contribution in [0.15, 0.2) is 58.1 Å². The van der Waals surface area contributed by atoms with Gasteiger partial charge in [0, 0.05) is 0 Å². The number of benzene rings is 2. The third-order valence-corrected chi connectivity index (χ3v) is 4.92. The largest absolute Gasteiger partial charge is 0.457 e. The summed E-state index contributed by atoms with van der Waals surface area (Å²) in [6, 6.07) is 15.0. The maximum atomic E-state index is 12.6. The molecule has 148 valence electrons. The smallest absolute Gasteiger partial charge is 0.326 e. The van der Waals surface area contributed by atoms with E-state index < -0.39 is 17.2 Å². The molecule has 1 heterocycles. The molecule has 1 aromatic heterocycles. The summed E-state index contributed by atoms with van der Waals surface area (Å²) in [5, 5.41) is 2.87. The molecule has 1 amide bonds. The zero-order chi connectivity index (χ0) is 20.4. The second-order valence-corrected chi connectivity index (χ2v) is 6.89. The van der Waals surface area contributed by atoms with Gasteiger partial charge in [-0.05, 0) is 54.7 Å². The molecule has 0 aliphatic heterocycles. The van der Waals surface area contributed by atoms with Gasteiger partial charge < -0.3 is 20.8 Å². The predicted molar refractivity (Wildman–Crippen MR) is 108 cm³/mol. The van der Waals surface area contributed by atoms with Gasteiger partial charge in [-0.2, -0.15) is 0 Å². The van der Waals surface area contributed by atoms with E-state index in [0.29, 0.717) is 0 Å². The first-order valence-electron chi connectivity index (χ1n) is 9.30. The maximum Gasteiger partial charge on any atom is 0.326 e. The molecule has 2 aromatic carbocycles. The number of nitrogen functional groups attached to an aromatic ring is 1. The zero-order valence-corrected chi connectivity index (χ0v) is 15.5. The van der Waals surface area contributed by atoms with Crippen molar-refractivity contribution < 1.29 is 9.53 Å². The van der Waals surface area contributed by atoms with Gasteiger partial charge in [0.15, 0.2) is 0 Å². The monoisotopic (exact) mass is 392 g/mol. The molecule has 29 heavy (non-hydrogen) atoms. The minimum atomic E-state index is -0.786. The number of H-pyrrole nitrogens is 2. The molecule has 0 spiro atoms. The first kappa shape index (κ1) is 18.5. The lowest BCUT2D eigenvalue weighted by Crippen LogP contribution is -2.36. The van der Waals surface area contributed by atoms with Crippen LogP contribution in [0.2, 0.25) is 0 Å². The lowest BCUT2D eigenvalue weighted by molar-refractivity contribution is 0.0928. The Bertz CT molecular complexity index is 1170. The molecule has 1 atom stereocenters. The number of nitrogens with two attached hydrogens (primary N) is 1. The molecule has 1 aliphatic rings. The highest BCUT2D eigenvalue weighted by Crippen LogP contribution is 2.33. The Morgan fingerprint density at radius 1 is 1.07 bits per heavy atom. The Morgan fingerprint density at radius 2 is 1.86 bits per heavy atom. The van der Waals surface area contributed by atoms with Crippen molar-refractivity contribution in [3.63, 3.8) is 0 Å². The van der Waals surface area contributed by atoms with Gasteiger partial charge in [-0.3, -0.25) is 14.6 Å². The molecule has 4 rings (SSSR count). The number of nitrogens with one attached hydrogen (secondary N) is 3. The minimum absolute atomic E-state index is 0.227. The molecular weight excluding hydrogens is 372 g/mol. The van der Waals surface area contributed by atoms with Crippen molar-refractivity contribution in [1.29, 1.82) is 0 Å². The number of carbonyl (C=O) groups excluding carboxylic acids is 1. The normalized spacial score (nSPS) is 15.4. The number of aromatic nitrogens is 2. The fourth-order valence-corrected chi connectivity index (χ4v) is 3.53. The van der Waals surface area contributed by atoms with Crippen LogP contribution in [-0.4, -0.2) is 15.9 Å². The third-order valence-electron chi connectivity index (χ3n) is 4.92. The van der Waals surface area contributed by atoms with Crippen LogP contribution in [0.25, 0.3) is 0 Å². The zero-order valence-electron chi connectivity index (χ0n) is 15.5. The van der Waals surface area contributed by atoms with E-state index in [-0.39, 0.29) is 17.4 Å². The van der Waals surface area contributed by atoms with Gasteiger partial charge >= 0.3 is 5.69 Å². The number of hydrogen-bond acceptors (Lipinski definition) is 5. The second-order valence-electron chi connectivity index (χ2n) is 6.89. The highest BCUT2D eigenvalue weighted by atomic mass is 16.5. The summed E-state index contributed by atoms with van der Waals surface area (Å²) in [6.07, 6.45) is 2.50. The number of carbonyl (C=O) groups is 1. The van der Waals surface area contributed by atoms with E-state index in [0.717, 1.165) is 41.9 Å². The number of para-hydroxylation sites is 1. The van der Waals surface area contributed by atoms with E-state index in [2.05, 4.69) is 10.3 Å². The number of aromatic amines is 2.